The second kappa shape index (κ2) is 10.6. The van der Waals surface area contributed by atoms with Crippen molar-refractivity contribution >= 4 is 29.2 Å². The van der Waals surface area contributed by atoms with Gasteiger partial charge in [0.05, 0.1) is 37.7 Å². The van der Waals surface area contributed by atoms with E-state index in [1.54, 1.807) is 24.3 Å². The average molecular weight is 470 g/mol. The van der Waals surface area contributed by atoms with Crippen molar-refractivity contribution in [3.63, 3.8) is 0 Å². The molecule has 2 aromatic rings. The number of carbonyl (C=O) groups is 3. The van der Waals surface area contributed by atoms with Gasteiger partial charge in [0, 0.05) is 31.5 Å². The first-order valence-corrected chi connectivity index (χ1v) is 11.4. The molecule has 0 saturated carbocycles. The molecule has 34 heavy (non-hydrogen) atoms. The number of rotatable bonds is 8. The molecule has 0 aliphatic carbocycles. The first-order chi connectivity index (χ1) is 16.4. The van der Waals surface area contributed by atoms with Crippen molar-refractivity contribution in [3.05, 3.63) is 59.4 Å². The van der Waals surface area contributed by atoms with Gasteiger partial charge in [-0.3, -0.25) is 14.5 Å². The number of Topliss-reactive ketones (excluding diaryl/α,β-unsaturated/α-hetero) is 1. The third kappa shape index (κ3) is 5.72. The minimum absolute atomic E-state index is 0.0469. The van der Waals surface area contributed by atoms with Gasteiger partial charge in [-0.2, -0.15) is 0 Å². The summed E-state index contributed by atoms with van der Waals surface area (Å²) < 4.78 is 25.3. The molecule has 2 aromatic carbocycles. The Bertz CT molecular complexity index is 1050. The van der Waals surface area contributed by atoms with Gasteiger partial charge in [0.25, 0.3) is 0 Å². The van der Waals surface area contributed by atoms with Crippen molar-refractivity contribution < 1.29 is 28.2 Å². The van der Waals surface area contributed by atoms with E-state index in [2.05, 4.69) is 5.32 Å². The molecule has 0 radical (unpaired) electrons. The number of ether oxygens (including phenoxy) is 2. The summed E-state index contributed by atoms with van der Waals surface area (Å²) in [6.07, 6.45) is -1.01. The van der Waals surface area contributed by atoms with Crippen LogP contribution in [-0.4, -0.2) is 63.3 Å². The normalized spacial score (nSPS) is 18.1. The molecule has 1 atom stereocenters. The van der Waals surface area contributed by atoms with E-state index in [1.807, 2.05) is 24.0 Å². The van der Waals surface area contributed by atoms with Crippen LogP contribution in [-0.2, 0) is 14.3 Å². The van der Waals surface area contributed by atoms with Crippen LogP contribution in [0.25, 0.3) is 0 Å². The molecule has 0 spiro atoms. The fourth-order valence-electron chi connectivity index (χ4n) is 3.99. The SMILES string of the molecule is Cc1ccc(C(=O)CCC(=O)NC[C@H]2CN(c3ccc(N4CCOCC4)c(F)c3)C(=O)O2)cc1. The molecule has 2 saturated heterocycles. The van der Waals surface area contributed by atoms with Crippen LogP contribution >= 0.6 is 0 Å². The molecular weight excluding hydrogens is 441 g/mol. The number of cyclic esters (lactones) is 1. The molecule has 8 nitrogen and oxygen atoms in total. The van der Waals surface area contributed by atoms with E-state index in [9.17, 15) is 18.8 Å². The number of benzene rings is 2. The van der Waals surface area contributed by atoms with E-state index in [1.165, 1.54) is 11.0 Å². The van der Waals surface area contributed by atoms with Gasteiger partial charge in [0.15, 0.2) is 5.78 Å². The Labute approximate surface area is 197 Å². The number of nitrogens with one attached hydrogen (secondary N) is 1. The third-order valence-corrected chi connectivity index (χ3v) is 5.95. The van der Waals surface area contributed by atoms with Gasteiger partial charge in [-0.25, -0.2) is 9.18 Å². The lowest BCUT2D eigenvalue weighted by molar-refractivity contribution is -0.121. The molecule has 4 rings (SSSR count). The van der Waals surface area contributed by atoms with Crippen LogP contribution in [0.15, 0.2) is 42.5 Å². The average Bonchev–Trinajstić information content (AvgIpc) is 3.22. The monoisotopic (exact) mass is 469 g/mol. The maximum Gasteiger partial charge on any atom is 0.414 e. The van der Waals surface area contributed by atoms with Gasteiger partial charge >= 0.3 is 6.09 Å². The van der Waals surface area contributed by atoms with E-state index >= 15 is 0 Å². The van der Waals surface area contributed by atoms with Crippen LogP contribution in [0.2, 0.25) is 0 Å². The summed E-state index contributed by atoms with van der Waals surface area (Å²) in [5, 5.41) is 2.71. The first kappa shape index (κ1) is 23.7. The highest BCUT2D eigenvalue weighted by Gasteiger charge is 2.33. The van der Waals surface area contributed by atoms with Crippen LogP contribution in [0.4, 0.5) is 20.6 Å². The van der Waals surface area contributed by atoms with E-state index in [0.29, 0.717) is 43.2 Å². The van der Waals surface area contributed by atoms with Crippen LogP contribution in [0.1, 0.15) is 28.8 Å². The molecule has 2 heterocycles. The zero-order valence-corrected chi connectivity index (χ0v) is 19.1. The summed E-state index contributed by atoms with van der Waals surface area (Å²) in [4.78, 5) is 40.0. The maximum atomic E-state index is 14.7. The Kier molecular flexibility index (Phi) is 7.42. The molecule has 9 heteroatoms. The number of amides is 2. The predicted molar refractivity (Wildman–Crippen MR) is 125 cm³/mol. The van der Waals surface area contributed by atoms with E-state index in [4.69, 9.17) is 9.47 Å². The number of ketones is 1. The minimum atomic E-state index is -0.590. The Balaban J connectivity index is 1.25. The van der Waals surface area contributed by atoms with Crippen molar-refractivity contribution in [3.8, 4) is 0 Å². The number of hydrogen-bond donors (Lipinski definition) is 1. The lowest BCUT2D eigenvalue weighted by atomic mass is 10.0. The summed E-state index contributed by atoms with van der Waals surface area (Å²) in [6, 6.07) is 11.9. The second-order valence-electron chi connectivity index (χ2n) is 8.44. The fourth-order valence-corrected chi connectivity index (χ4v) is 3.99. The molecule has 2 aliphatic rings. The van der Waals surface area contributed by atoms with Crippen molar-refractivity contribution in [2.24, 2.45) is 0 Å². The predicted octanol–water partition coefficient (Wildman–Crippen LogP) is 3.08. The molecular formula is C25H28FN3O5. The highest BCUT2D eigenvalue weighted by Crippen LogP contribution is 2.28. The standard InChI is InChI=1S/C25H28FN3O5/c1-17-2-4-18(5-3-17)23(30)8-9-24(31)27-15-20-16-29(25(32)34-20)19-6-7-22(21(26)14-19)28-10-12-33-13-11-28/h2-7,14,20H,8-13,15-16H2,1H3,(H,27,31)/t20-/m0/s1. The topological polar surface area (TPSA) is 88.2 Å². The molecule has 180 valence electrons. The number of carbonyl (C=O) groups excluding carboxylic acids is 3. The quantitative estimate of drug-likeness (QED) is 0.598. The zero-order valence-electron chi connectivity index (χ0n) is 19.1. The van der Waals surface area contributed by atoms with Gasteiger partial charge in [0.2, 0.25) is 5.91 Å². The first-order valence-electron chi connectivity index (χ1n) is 11.4. The maximum absolute atomic E-state index is 14.7. The molecule has 0 aromatic heterocycles. The molecule has 2 aliphatic heterocycles. The Morgan fingerprint density at radius 3 is 2.53 bits per heavy atom. The van der Waals surface area contributed by atoms with Crippen LogP contribution in [0.3, 0.4) is 0 Å². The van der Waals surface area contributed by atoms with Crippen LogP contribution in [0, 0.1) is 12.7 Å². The van der Waals surface area contributed by atoms with Crippen molar-refractivity contribution in [1.29, 1.82) is 0 Å². The van der Waals surface area contributed by atoms with Crippen molar-refractivity contribution in [1.82, 2.24) is 5.32 Å². The van der Waals surface area contributed by atoms with Gasteiger partial charge in [0.1, 0.15) is 11.9 Å². The summed E-state index contributed by atoms with van der Waals surface area (Å²) >= 11 is 0. The summed E-state index contributed by atoms with van der Waals surface area (Å²) in [6.45, 7) is 4.57. The van der Waals surface area contributed by atoms with Gasteiger partial charge in [-0.15, -0.1) is 0 Å². The highest BCUT2D eigenvalue weighted by atomic mass is 19.1. The lowest BCUT2D eigenvalue weighted by Crippen LogP contribution is -2.37. The fraction of sp³-hybridized carbons (Fsp3) is 0.400. The van der Waals surface area contributed by atoms with Gasteiger partial charge < -0.3 is 19.7 Å². The van der Waals surface area contributed by atoms with E-state index in [0.717, 1.165) is 5.56 Å². The number of halogens is 1. The van der Waals surface area contributed by atoms with Crippen LogP contribution in [0.5, 0.6) is 0 Å². The van der Waals surface area contributed by atoms with Crippen molar-refractivity contribution in [2.75, 3.05) is 49.2 Å². The third-order valence-electron chi connectivity index (χ3n) is 5.95. The molecule has 0 bridgehead atoms. The van der Waals surface area contributed by atoms with Gasteiger partial charge in [-0.05, 0) is 25.1 Å². The van der Waals surface area contributed by atoms with E-state index < -0.39 is 18.0 Å². The molecule has 2 fully saturated rings. The largest absolute Gasteiger partial charge is 0.442 e. The van der Waals surface area contributed by atoms with E-state index in [-0.39, 0.29) is 37.6 Å². The molecule has 2 amide bonds. The second-order valence-corrected chi connectivity index (χ2v) is 8.44. The molecule has 1 N–H and O–H groups in total. The number of nitrogens with zero attached hydrogens (tertiary/aromatic N) is 2. The summed E-state index contributed by atoms with van der Waals surface area (Å²) in [5.41, 5.74) is 2.51. The number of hydrogen-bond acceptors (Lipinski definition) is 6. The van der Waals surface area contributed by atoms with Crippen molar-refractivity contribution in [2.45, 2.75) is 25.9 Å². The number of aryl methyl sites for hydroxylation is 1. The zero-order chi connectivity index (χ0) is 24.1. The Morgan fingerprint density at radius 1 is 1.09 bits per heavy atom. The highest BCUT2D eigenvalue weighted by molar-refractivity contribution is 5.98. The summed E-state index contributed by atoms with van der Waals surface area (Å²) in [7, 11) is 0. The van der Waals surface area contributed by atoms with Crippen LogP contribution < -0.4 is 15.1 Å². The van der Waals surface area contributed by atoms with Gasteiger partial charge in [-0.1, -0.05) is 29.8 Å². The molecule has 0 unspecified atom stereocenters. The Hall–Kier alpha value is -3.46. The summed E-state index contributed by atoms with van der Waals surface area (Å²) in [5.74, 6) is -0.811. The number of morpholine rings is 1. The number of anilines is 2. The smallest absolute Gasteiger partial charge is 0.414 e. The minimum Gasteiger partial charge on any atom is -0.442 e. The Morgan fingerprint density at radius 2 is 1.82 bits per heavy atom. The lowest BCUT2D eigenvalue weighted by Gasteiger charge is -2.29.